The Kier molecular flexibility index (Phi) is 3.90. The molecule has 1 aliphatic carbocycles. The van der Waals surface area contributed by atoms with E-state index in [-0.39, 0.29) is 5.41 Å². The van der Waals surface area contributed by atoms with Gasteiger partial charge in [-0.25, -0.2) is 0 Å². The monoisotopic (exact) mass is 559 g/mol. The van der Waals surface area contributed by atoms with Crippen molar-refractivity contribution in [2.75, 3.05) is 0 Å². The van der Waals surface area contributed by atoms with Gasteiger partial charge in [0.2, 0.25) is 0 Å². The molecule has 1 nitrogen and oxygen atoms in total. The molecule has 8 rings (SSSR count). The first-order valence-electron chi connectivity index (χ1n) is 12.2. The topological polar surface area (TPSA) is 4.93 Å². The molecule has 2 atom stereocenters. The highest BCUT2D eigenvalue weighted by Crippen LogP contribution is 2.61. The molecule has 0 N–H and O–H groups in total. The van der Waals surface area contributed by atoms with Gasteiger partial charge >= 0.3 is 0 Å². The van der Waals surface area contributed by atoms with Gasteiger partial charge in [0.25, 0.3) is 0 Å². The van der Waals surface area contributed by atoms with E-state index in [9.17, 15) is 0 Å². The van der Waals surface area contributed by atoms with Gasteiger partial charge in [-0.1, -0.05) is 114 Å². The van der Waals surface area contributed by atoms with Crippen LogP contribution in [0.25, 0.3) is 38.6 Å². The van der Waals surface area contributed by atoms with Gasteiger partial charge in [-0.2, -0.15) is 0 Å². The van der Waals surface area contributed by atoms with Crippen molar-refractivity contribution in [2.45, 2.75) is 16.3 Å². The van der Waals surface area contributed by atoms with E-state index in [2.05, 4.69) is 143 Å². The molecular weight excluding hydrogens is 537 g/mol. The van der Waals surface area contributed by atoms with E-state index in [1.807, 2.05) is 0 Å². The van der Waals surface area contributed by atoms with Crippen molar-refractivity contribution in [3.8, 4) is 16.8 Å². The molecule has 2 heterocycles. The minimum Gasteiger partial charge on any atom is -0.309 e. The lowest BCUT2D eigenvalue weighted by Gasteiger charge is -2.39. The Morgan fingerprint density at radius 2 is 1.31 bits per heavy atom. The first kappa shape index (κ1) is 19.9. The van der Waals surface area contributed by atoms with Crippen molar-refractivity contribution in [1.29, 1.82) is 0 Å². The smallest absolute Gasteiger partial charge is 0.0754 e. The summed E-state index contributed by atoms with van der Waals surface area (Å²) in [4.78, 5) is 0. The standard InChI is InChI=1S/C33H22IN/c1-20(34)21-17-18-27-25(19-21)22-9-2-4-12-26(22)33(27)28-13-5-7-16-31(28)35-30-15-6-3-10-23(30)24-11-8-14-29(33)32(24)35/h2-20H,1H3. The first-order valence-corrected chi connectivity index (χ1v) is 13.5. The first-order chi connectivity index (χ1) is 17.2. The summed E-state index contributed by atoms with van der Waals surface area (Å²) in [6, 6.07) is 41.1. The molecule has 1 aromatic heterocycles. The van der Waals surface area contributed by atoms with E-state index >= 15 is 0 Å². The predicted octanol–water partition coefficient (Wildman–Crippen LogP) is 8.96. The summed E-state index contributed by atoms with van der Waals surface area (Å²) in [6.07, 6.45) is 0. The molecule has 166 valence electrons. The highest BCUT2D eigenvalue weighted by atomic mass is 127. The zero-order chi connectivity index (χ0) is 23.3. The van der Waals surface area contributed by atoms with E-state index in [1.54, 1.807) is 0 Å². The molecule has 0 fully saturated rings. The molecule has 0 amide bonds. The number of rotatable bonds is 1. The van der Waals surface area contributed by atoms with Crippen molar-refractivity contribution in [2.24, 2.45) is 0 Å². The number of para-hydroxylation sites is 3. The van der Waals surface area contributed by atoms with Crippen molar-refractivity contribution in [3.05, 3.63) is 137 Å². The number of aromatic nitrogens is 1. The number of hydrogen-bond acceptors (Lipinski definition) is 0. The Morgan fingerprint density at radius 3 is 2.20 bits per heavy atom. The van der Waals surface area contributed by atoms with E-state index in [0.29, 0.717) is 3.92 Å². The largest absolute Gasteiger partial charge is 0.309 e. The summed E-state index contributed by atoms with van der Waals surface area (Å²) in [5.41, 5.74) is 13.2. The summed E-state index contributed by atoms with van der Waals surface area (Å²) in [7, 11) is 0. The average molecular weight is 559 g/mol. The van der Waals surface area contributed by atoms with Crippen LogP contribution in [0, 0.1) is 0 Å². The summed E-state index contributed by atoms with van der Waals surface area (Å²) in [6.45, 7) is 2.27. The maximum absolute atomic E-state index is 2.53. The number of fused-ring (bicyclic) bond motifs is 12. The van der Waals surface area contributed by atoms with Gasteiger partial charge < -0.3 is 4.57 Å². The maximum atomic E-state index is 2.53. The molecule has 2 aliphatic rings. The van der Waals surface area contributed by atoms with Crippen LogP contribution >= 0.6 is 22.6 Å². The van der Waals surface area contributed by atoms with E-state index in [1.165, 1.54) is 66.4 Å². The van der Waals surface area contributed by atoms with Crippen LogP contribution in [0.2, 0.25) is 0 Å². The third kappa shape index (κ3) is 2.29. The van der Waals surface area contributed by atoms with Crippen LogP contribution in [-0.2, 0) is 5.41 Å². The fourth-order valence-corrected chi connectivity index (χ4v) is 7.22. The molecule has 0 bridgehead atoms. The number of hydrogen-bond donors (Lipinski definition) is 0. The quantitative estimate of drug-likeness (QED) is 0.140. The number of halogens is 1. The van der Waals surface area contributed by atoms with Crippen LogP contribution in [-0.4, -0.2) is 4.57 Å². The normalized spacial score (nSPS) is 18.0. The highest BCUT2D eigenvalue weighted by Gasteiger charge is 2.50. The molecule has 1 spiro atoms. The van der Waals surface area contributed by atoms with Gasteiger partial charge in [-0.05, 0) is 64.1 Å². The Balaban J connectivity index is 1.64. The molecule has 35 heavy (non-hydrogen) atoms. The minimum atomic E-state index is -0.334. The van der Waals surface area contributed by atoms with Gasteiger partial charge in [0, 0.05) is 14.7 Å². The van der Waals surface area contributed by atoms with Crippen LogP contribution in [0.3, 0.4) is 0 Å². The van der Waals surface area contributed by atoms with Gasteiger partial charge in [0.1, 0.15) is 0 Å². The van der Waals surface area contributed by atoms with Crippen LogP contribution < -0.4 is 0 Å². The maximum Gasteiger partial charge on any atom is 0.0754 e. The second-order valence-corrected chi connectivity index (χ2v) is 11.7. The third-order valence-corrected chi connectivity index (χ3v) is 8.90. The predicted molar refractivity (Wildman–Crippen MR) is 154 cm³/mol. The molecule has 0 saturated carbocycles. The van der Waals surface area contributed by atoms with Crippen LogP contribution in [0.5, 0.6) is 0 Å². The molecule has 5 aromatic carbocycles. The second kappa shape index (κ2) is 6.86. The van der Waals surface area contributed by atoms with Crippen molar-refractivity contribution in [1.82, 2.24) is 4.57 Å². The van der Waals surface area contributed by atoms with Crippen molar-refractivity contribution in [3.63, 3.8) is 0 Å². The molecular formula is C33H22IN. The van der Waals surface area contributed by atoms with E-state index < -0.39 is 0 Å². The van der Waals surface area contributed by atoms with Gasteiger partial charge in [0.05, 0.1) is 22.1 Å². The van der Waals surface area contributed by atoms with Crippen molar-refractivity contribution < 1.29 is 0 Å². The third-order valence-electron chi connectivity index (χ3n) is 8.18. The Labute approximate surface area is 218 Å². The van der Waals surface area contributed by atoms with Gasteiger partial charge in [-0.3, -0.25) is 0 Å². The summed E-state index contributed by atoms with van der Waals surface area (Å²) in [5, 5.41) is 2.65. The van der Waals surface area contributed by atoms with Crippen LogP contribution in [0.1, 0.15) is 38.7 Å². The second-order valence-electron chi connectivity index (χ2n) is 9.79. The Hall–Kier alpha value is -3.37. The van der Waals surface area contributed by atoms with Crippen LogP contribution in [0.4, 0.5) is 0 Å². The van der Waals surface area contributed by atoms with Gasteiger partial charge in [0.15, 0.2) is 0 Å². The Morgan fingerprint density at radius 1 is 0.629 bits per heavy atom. The fraction of sp³-hybridized carbons (Fsp3) is 0.0909. The summed E-state index contributed by atoms with van der Waals surface area (Å²) >= 11 is 2.53. The minimum absolute atomic E-state index is 0.334. The number of nitrogens with zero attached hydrogens (tertiary/aromatic N) is 1. The van der Waals surface area contributed by atoms with E-state index in [4.69, 9.17) is 0 Å². The van der Waals surface area contributed by atoms with Crippen molar-refractivity contribution >= 4 is 44.4 Å². The highest BCUT2D eigenvalue weighted by molar-refractivity contribution is 14.1. The zero-order valence-corrected chi connectivity index (χ0v) is 21.5. The zero-order valence-electron chi connectivity index (χ0n) is 19.3. The lowest BCUT2D eigenvalue weighted by Crippen LogP contribution is -2.33. The molecule has 0 saturated heterocycles. The number of alkyl halides is 1. The average Bonchev–Trinajstić information content (AvgIpc) is 3.39. The molecule has 2 unspecified atom stereocenters. The van der Waals surface area contributed by atoms with Gasteiger partial charge in [-0.15, -0.1) is 0 Å². The van der Waals surface area contributed by atoms with E-state index in [0.717, 1.165) is 0 Å². The fourth-order valence-electron chi connectivity index (χ4n) is 6.83. The number of benzene rings is 5. The van der Waals surface area contributed by atoms with Crippen LogP contribution in [0.15, 0.2) is 109 Å². The molecule has 2 heteroatoms. The molecule has 6 aromatic rings. The molecule has 0 radical (unpaired) electrons. The summed E-state index contributed by atoms with van der Waals surface area (Å²) < 4.78 is 2.97. The Bertz CT molecular complexity index is 1840. The molecule has 1 aliphatic heterocycles. The SMILES string of the molecule is CC(I)c1ccc2c(c1)-c1ccccc1C21c2ccccc2-n2c3ccccc3c3cccc1c32. The summed E-state index contributed by atoms with van der Waals surface area (Å²) in [5.74, 6) is 0. The lowest BCUT2D eigenvalue weighted by atomic mass is 9.65. The lowest BCUT2D eigenvalue weighted by molar-refractivity contribution is 0.748.